The summed E-state index contributed by atoms with van der Waals surface area (Å²) in [7, 11) is 3.19. The van der Waals surface area contributed by atoms with E-state index in [2.05, 4.69) is 9.97 Å². The molecule has 0 spiro atoms. The molecule has 0 fully saturated rings. The third-order valence-electron chi connectivity index (χ3n) is 3.08. The van der Waals surface area contributed by atoms with E-state index in [-0.39, 0.29) is 10.5 Å². The molecule has 1 N–H and O–H groups in total. The van der Waals surface area contributed by atoms with Crippen molar-refractivity contribution < 1.29 is 12.8 Å². The maximum Gasteiger partial charge on any atom is 0.263 e. The number of aromatic nitrogens is 3. The Bertz CT molecular complexity index is 914. The highest BCUT2D eigenvalue weighted by Gasteiger charge is 2.21. The van der Waals surface area contributed by atoms with Gasteiger partial charge in [-0.2, -0.15) is 0 Å². The fourth-order valence-corrected chi connectivity index (χ4v) is 3.19. The number of nitrogens with zero attached hydrogens (tertiary/aromatic N) is 2. The smallest absolute Gasteiger partial charge is 0.263 e. The molecule has 3 aromatic rings. The summed E-state index contributed by atoms with van der Waals surface area (Å²) in [5, 5.41) is 0.333. The van der Waals surface area contributed by atoms with Crippen molar-refractivity contribution >= 4 is 30.6 Å². The fourth-order valence-electron chi connectivity index (χ4n) is 2.17. The second-order valence-corrected chi connectivity index (χ2v) is 6.83. The standard InChI is InChI=1S/C12H9ClFN3O2S/c1-17-5-4-15-12(17)10-8(14)3-2-7-9(20(13,18)19)6-16-11(7)10/h2-6,16H,1H3. The maximum atomic E-state index is 14.1. The number of aromatic amines is 1. The summed E-state index contributed by atoms with van der Waals surface area (Å²) in [6.07, 6.45) is 4.46. The summed E-state index contributed by atoms with van der Waals surface area (Å²) in [6, 6.07) is 2.58. The van der Waals surface area contributed by atoms with Gasteiger partial charge in [0.15, 0.2) is 0 Å². The molecule has 0 bridgehead atoms. The molecule has 104 valence electrons. The number of nitrogens with one attached hydrogen (secondary N) is 1. The SMILES string of the molecule is Cn1ccnc1-c1c(F)ccc2c(S(=O)(=O)Cl)c[nH]c12. The lowest BCUT2D eigenvalue weighted by Gasteiger charge is -2.05. The first kappa shape index (κ1) is 13.1. The zero-order valence-electron chi connectivity index (χ0n) is 10.3. The van der Waals surface area contributed by atoms with Gasteiger partial charge in [0.05, 0.1) is 11.1 Å². The lowest BCUT2D eigenvalue weighted by Crippen LogP contribution is -1.96. The maximum absolute atomic E-state index is 14.1. The van der Waals surface area contributed by atoms with E-state index in [1.165, 1.54) is 24.5 Å². The van der Waals surface area contributed by atoms with Gasteiger partial charge in [0, 0.05) is 41.7 Å². The molecule has 0 aliphatic carbocycles. The van der Waals surface area contributed by atoms with E-state index in [1.807, 2.05) is 0 Å². The van der Waals surface area contributed by atoms with Crippen molar-refractivity contribution in [2.45, 2.75) is 4.90 Å². The van der Waals surface area contributed by atoms with Gasteiger partial charge in [0.1, 0.15) is 16.5 Å². The largest absolute Gasteiger partial charge is 0.359 e. The van der Waals surface area contributed by atoms with E-state index in [9.17, 15) is 12.8 Å². The van der Waals surface area contributed by atoms with Crippen LogP contribution in [0.4, 0.5) is 4.39 Å². The first-order chi connectivity index (χ1) is 9.39. The van der Waals surface area contributed by atoms with Gasteiger partial charge in [-0.3, -0.25) is 0 Å². The Morgan fingerprint density at radius 3 is 2.75 bits per heavy atom. The highest BCUT2D eigenvalue weighted by molar-refractivity contribution is 8.14. The number of hydrogen-bond acceptors (Lipinski definition) is 3. The van der Waals surface area contributed by atoms with Crippen LogP contribution in [0.15, 0.2) is 35.6 Å². The lowest BCUT2D eigenvalue weighted by atomic mass is 10.1. The third-order valence-corrected chi connectivity index (χ3v) is 4.44. The molecule has 0 aliphatic rings. The van der Waals surface area contributed by atoms with Crippen LogP contribution in [0.3, 0.4) is 0 Å². The van der Waals surface area contributed by atoms with E-state index in [4.69, 9.17) is 10.7 Å². The number of benzene rings is 1. The molecule has 0 aliphatic heterocycles. The van der Waals surface area contributed by atoms with Crippen molar-refractivity contribution in [2.24, 2.45) is 7.05 Å². The Labute approximate surface area is 118 Å². The summed E-state index contributed by atoms with van der Waals surface area (Å²) in [5.74, 6) is -0.0966. The Balaban J connectivity index is 2.42. The van der Waals surface area contributed by atoms with Gasteiger partial charge >= 0.3 is 0 Å². The molecule has 0 atom stereocenters. The van der Waals surface area contributed by atoms with E-state index in [0.717, 1.165) is 0 Å². The van der Waals surface area contributed by atoms with Crippen LogP contribution in [0.2, 0.25) is 0 Å². The van der Waals surface area contributed by atoms with Crippen LogP contribution >= 0.6 is 10.7 Å². The van der Waals surface area contributed by atoms with Crippen molar-refractivity contribution in [3.05, 3.63) is 36.5 Å². The normalized spacial score (nSPS) is 12.2. The first-order valence-corrected chi connectivity index (χ1v) is 7.92. The fraction of sp³-hybridized carbons (Fsp3) is 0.0833. The molecule has 0 saturated carbocycles. The quantitative estimate of drug-likeness (QED) is 0.740. The average Bonchev–Trinajstić information content (AvgIpc) is 2.94. The number of aryl methyl sites for hydroxylation is 1. The minimum absolute atomic E-state index is 0.0791. The molecule has 0 amide bonds. The summed E-state index contributed by atoms with van der Waals surface area (Å²) >= 11 is 0. The van der Waals surface area contributed by atoms with Crippen molar-refractivity contribution in [3.8, 4) is 11.4 Å². The molecule has 8 heteroatoms. The zero-order valence-corrected chi connectivity index (χ0v) is 11.8. The third kappa shape index (κ3) is 1.90. The monoisotopic (exact) mass is 313 g/mol. The van der Waals surface area contributed by atoms with Crippen molar-refractivity contribution in [2.75, 3.05) is 0 Å². The number of rotatable bonds is 2. The van der Waals surface area contributed by atoms with Crippen molar-refractivity contribution in [3.63, 3.8) is 0 Å². The zero-order chi connectivity index (χ0) is 14.5. The van der Waals surface area contributed by atoms with E-state index < -0.39 is 14.9 Å². The van der Waals surface area contributed by atoms with Crippen LogP contribution in [0, 0.1) is 5.82 Å². The van der Waals surface area contributed by atoms with Crippen LogP contribution in [-0.2, 0) is 16.1 Å². The highest BCUT2D eigenvalue weighted by Crippen LogP contribution is 2.33. The van der Waals surface area contributed by atoms with Gasteiger partial charge in [0.25, 0.3) is 9.05 Å². The topological polar surface area (TPSA) is 67.8 Å². The van der Waals surface area contributed by atoms with E-state index in [1.54, 1.807) is 17.8 Å². The second-order valence-electron chi connectivity index (χ2n) is 4.30. The van der Waals surface area contributed by atoms with Crippen LogP contribution in [0.25, 0.3) is 22.3 Å². The Morgan fingerprint density at radius 2 is 2.15 bits per heavy atom. The molecule has 3 rings (SSSR count). The summed E-state index contributed by atoms with van der Waals surface area (Å²) in [5.41, 5.74) is 0.556. The average molecular weight is 314 g/mol. The molecule has 0 saturated heterocycles. The van der Waals surface area contributed by atoms with Crippen LogP contribution < -0.4 is 0 Å². The molecular formula is C12H9ClFN3O2S. The van der Waals surface area contributed by atoms with Crippen LogP contribution in [0.5, 0.6) is 0 Å². The molecule has 2 heterocycles. The molecule has 20 heavy (non-hydrogen) atoms. The molecule has 5 nitrogen and oxygen atoms in total. The van der Waals surface area contributed by atoms with Crippen molar-refractivity contribution in [1.29, 1.82) is 0 Å². The van der Waals surface area contributed by atoms with Crippen LogP contribution in [-0.4, -0.2) is 23.0 Å². The summed E-state index contributed by atoms with van der Waals surface area (Å²) in [4.78, 5) is 6.77. The number of imidazole rings is 1. The van der Waals surface area contributed by atoms with E-state index in [0.29, 0.717) is 16.7 Å². The van der Waals surface area contributed by atoms with Gasteiger partial charge in [-0.15, -0.1) is 0 Å². The van der Waals surface area contributed by atoms with Gasteiger partial charge in [-0.05, 0) is 12.1 Å². The van der Waals surface area contributed by atoms with Gasteiger partial charge in [0.2, 0.25) is 0 Å². The van der Waals surface area contributed by atoms with Gasteiger partial charge < -0.3 is 9.55 Å². The second kappa shape index (κ2) is 4.32. The number of H-pyrrole nitrogens is 1. The molecule has 2 aromatic heterocycles. The Kier molecular flexibility index (Phi) is 2.84. The molecular weight excluding hydrogens is 305 g/mol. The summed E-state index contributed by atoms with van der Waals surface area (Å²) in [6.45, 7) is 0. The lowest BCUT2D eigenvalue weighted by molar-refractivity contribution is 0.610. The number of hydrogen-bond donors (Lipinski definition) is 1. The number of fused-ring (bicyclic) bond motifs is 1. The predicted octanol–water partition coefficient (Wildman–Crippen LogP) is 2.64. The molecule has 0 unspecified atom stereocenters. The highest BCUT2D eigenvalue weighted by atomic mass is 35.7. The Hall–Kier alpha value is -1.86. The van der Waals surface area contributed by atoms with E-state index >= 15 is 0 Å². The Morgan fingerprint density at radius 1 is 1.40 bits per heavy atom. The number of halogens is 2. The van der Waals surface area contributed by atoms with Crippen molar-refractivity contribution in [1.82, 2.24) is 14.5 Å². The van der Waals surface area contributed by atoms with Gasteiger partial charge in [-0.1, -0.05) is 0 Å². The van der Waals surface area contributed by atoms with Crippen LogP contribution in [0.1, 0.15) is 0 Å². The first-order valence-electron chi connectivity index (χ1n) is 5.61. The molecule has 0 radical (unpaired) electrons. The summed E-state index contributed by atoms with van der Waals surface area (Å²) < 4.78 is 38.7. The predicted molar refractivity (Wildman–Crippen MR) is 73.5 cm³/mol. The molecule has 1 aromatic carbocycles. The van der Waals surface area contributed by atoms with Gasteiger partial charge in [-0.25, -0.2) is 17.8 Å². The minimum atomic E-state index is -3.90. The minimum Gasteiger partial charge on any atom is -0.359 e.